The highest BCUT2D eigenvalue weighted by Gasteiger charge is 2.22. The van der Waals surface area contributed by atoms with Crippen LogP contribution in [-0.2, 0) is 13.5 Å². The average Bonchev–Trinajstić information content (AvgIpc) is 2.42. The van der Waals surface area contributed by atoms with Crippen molar-refractivity contribution in [3.63, 3.8) is 0 Å². The lowest BCUT2D eigenvalue weighted by molar-refractivity contribution is 0.749. The predicted octanol–water partition coefficient (Wildman–Crippen LogP) is 1.48. The first-order chi connectivity index (χ1) is 6.09. The molecule has 1 atom stereocenters. The fourth-order valence-corrected chi connectivity index (χ4v) is 2.81. The summed E-state index contributed by atoms with van der Waals surface area (Å²) < 4.78 is 2.00. The average molecular weight is 214 g/mol. The molecule has 2 heterocycles. The summed E-state index contributed by atoms with van der Waals surface area (Å²) in [6.45, 7) is 2.11. The van der Waals surface area contributed by atoms with Gasteiger partial charge in [0.2, 0.25) is 0 Å². The Morgan fingerprint density at radius 1 is 1.69 bits per heavy atom. The molecular weight excluding hydrogens is 204 g/mol. The van der Waals surface area contributed by atoms with Gasteiger partial charge in [-0.1, -0.05) is 6.92 Å². The quantitative estimate of drug-likeness (QED) is 0.665. The van der Waals surface area contributed by atoms with Gasteiger partial charge in [0.05, 0.1) is 4.90 Å². The topological polar surface area (TPSA) is 37.8 Å². The Balaban J connectivity index is 2.74. The van der Waals surface area contributed by atoms with Crippen LogP contribution in [0.3, 0.4) is 0 Å². The SMILES string of the molecule is C[C@@H]1Cc2[nH]c(=S)n(C)c(=O)c2S1. The molecule has 1 aromatic heterocycles. The van der Waals surface area contributed by atoms with Gasteiger partial charge in [0.1, 0.15) is 0 Å². The normalized spacial score (nSPS) is 20.3. The summed E-state index contributed by atoms with van der Waals surface area (Å²) in [4.78, 5) is 15.6. The van der Waals surface area contributed by atoms with Crippen molar-refractivity contribution >= 4 is 24.0 Å². The molecule has 5 heteroatoms. The lowest BCUT2D eigenvalue weighted by Crippen LogP contribution is -2.20. The van der Waals surface area contributed by atoms with E-state index in [0.717, 1.165) is 17.0 Å². The molecule has 0 aliphatic carbocycles. The molecule has 1 aromatic rings. The fraction of sp³-hybridized carbons (Fsp3) is 0.500. The number of aromatic amines is 1. The molecule has 0 fully saturated rings. The molecule has 70 valence electrons. The third-order valence-corrected chi connectivity index (χ3v) is 3.75. The van der Waals surface area contributed by atoms with Crippen LogP contribution in [0.4, 0.5) is 0 Å². The van der Waals surface area contributed by atoms with E-state index in [2.05, 4.69) is 11.9 Å². The maximum Gasteiger partial charge on any atom is 0.267 e. The number of aromatic nitrogens is 2. The molecule has 0 saturated carbocycles. The van der Waals surface area contributed by atoms with Gasteiger partial charge in [0.25, 0.3) is 5.56 Å². The minimum Gasteiger partial charge on any atom is -0.335 e. The van der Waals surface area contributed by atoms with Gasteiger partial charge in [-0.2, -0.15) is 0 Å². The molecule has 0 spiro atoms. The molecule has 2 rings (SSSR count). The van der Waals surface area contributed by atoms with E-state index in [4.69, 9.17) is 12.2 Å². The van der Waals surface area contributed by atoms with Gasteiger partial charge in [0.15, 0.2) is 4.77 Å². The summed E-state index contributed by atoms with van der Waals surface area (Å²) in [6.07, 6.45) is 0.916. The van der Waals surface area contributed by atoms with Crippen molar-refractivity contribution in [1.29, 1.82) is 0 Å². The second kappa shape index (κ2) is 2.99. The first-order valence-corrected chi connectivity index (χ1v) is 5.37. The van der Waals surface area contributed by atoms with Gasteiger partial charge >= 0.3 is 0 Å². The van der Waals surface area contributed by atoms with Crippen LogP contribution in [0.25, 0.3) is 0 Å². The number of fused-ring (bicyclic) bond motifs is 1. The number of hydrogen-bond donors (Lipinski definition) is 1. The number of hydrogen-bond acceptors (Lipinski definition) is 3. The molecule has 0 saturated heterocycles. The highest BCUT2D eigenvalue weighted by molar-refractivity contribution is 8.00. The molecule has 0 aromatic carbocycles. The molecule has 3 nitrogen and oxygen atoms in total. The van der Waals surface area contributed by atoms with Crippen LogP contribution in [0.5, 0.6) is 0 Å². The van der Waals surface area contributed by atoms with E-state index >= 15 is 0 Å². The van der Waals surface area contributed by atoms with Gasteiger partial charge in [-0.05, 0) is 12.2 Å². The second-order valence-electron chi connectivity index (χ2n) is 3.23. The smallest absolute Gasteiger partial charge is 0.267 e. The molecule has 1 aliphatic heterocycles. The van der Waals surface area contributed by atoms with Crippen molar-refractivity contribution in [1.82, 2.24) is 9.55 Å². The highest BCUT2D eigenvalue weighted by atomic mass is 32.2. The van der Waals surface area contributed by atoms with Crippen molar-refractivity contribution < 1.29 is 0 Å². The van der Waals surface area contributed by atoms with Crippen molar-refractivity contribution in [2.24, 2.45) is 7.05 Å². The standard InChI is InChI=1S/C8H10N2OS2/c1-4-3-5-6(13-4)7(11)10(2)8(12)9-5/h4H,3H2,1-2H3,(H,9,12)/t4-/m1/s1. The molecular formula is C8H10N2OS2. The summed E-state index contributed by atoms with van der Waals surface area (Å²) in [5.41, 5.74) is 1.04. The van der Waals surface area contributed by atoms with Gasteiger partial charge in [0, 0.05) is 24.4 Å². The second-order valence-corrected chi connectivity index (χ2v) is 5.07. The first-order valence-electron chi connectivity index (χ1n) is 4.08. The van der Waals surface area contributed by atoms with E-state index in [1.54, 1.807) is 18.8 Å². The number of nitrogens with one attached hydrogen (secondary N) is 1. The first kappa shape index (κ1) is 9.02. The number of rotatable bonds is 0. The Morgan fingerprint density at radius 3 is 3.08 bits per heavy atom. The molecule has 0 unspecified atom stereocenters. The monoisotopic (exact) mass is 214 g/mol. The van der Waals surface area contributed by atoms with Crippen LogP contribution >= 0.6 is 24.0 Å². The van der Waals surface area contributed by atoms with Crippen LogP contribution in [0, 0.1) is 4.77 Å². The van der Waals surface area contributed by atoms with E-state index in [9.17, 15) is 4.79 Å². The van der Waals surface area contributed by atoms with Crippen LogP contribution < -0.4 is 5.56 Å². The largest absolute Gasteiger partial charge is 0.335 e. The van der Waals surface area contributed by atoms with Gasteiger partial charge < -0.3 is 4.98 Å². The zero-order valence-corrected chi connectivity index (χ0v) is 9.09. The summed E-state index contributed by atoms with van der Waals surface area (Å²) in [5.74, 6) is 0. The minimum atomic E-state index is 0.0353. The van der Waals surface area contributed by atoms with E-state index in [-0.39, 0.29) is 5.56 Å². The maximum atomic E-state index is 11.7. The van der Waals surface area contributed by atoms with Crippen molar-refractivity contribution in [3.8, 4) is 0 Å². The number of thioether (sulfide) groups is 1. The van der Waals surface area contributed by atoms with Crippen molar-refractivity contribution in [2.45, 2.75) is 23.5 Å². The van der Waals surface area contributed by atoms with E-state index < -0.39 is 0 Å². The Bertz CT molecular complexity index is 460. The number of H-pyrrole nitrogens is 1. The fourth-order valence-electron chi connectivity index (χ4n) is 1.44. The van der Waals surface area contributed by atoms with Gasteiger partial charge in [-0.15, -0.1) is 11.8 Å². The van der Waals surface area contributed by atoms with Crippen molar-refractivity contribution in [3.05, 3.63) is 20.8 Å². The van der Waals surface area contributed by atoms with E-state index in [1.165, 1.54) is 4.57 Å². The van der Waals surface area contributed by atoms with E-state index in [0.29, 0.717) is 10.0 Å². The zero-order valence-electron chi connectivity index (χ0n) is 7.46. The number of nitrogens with zero attached hydrogens (tertiary/aromatic N) is 1. The summed E-state index contributed by atoms with van der Waals surface area (Å²) in [6, 6.07) is 0. The van der Waals surface area contributed by atoms with Crippen LogP contribution in [0.2, 0.25) is 0 Å². The Labute approximate surface area is 85.2 Å². The van der Waals surface area contributed by atoms with E-state index in [1.807, 2.05) is 0 Å². The maximum absolute atomic E-state index is 11.7. The highest BCUT2D eigenvalue weighted by Crippen LogP contribution is 2.32. The van der Waals surface area contributed by atoms with Crippen LogP contribution in [0.15, 0.2) is 9.69 Å². The van der Waals surface area contributed by atoms with Crippen LogP contribution in [0.1, 0.15) is 12.6 Å². The zero-order chi connectivity index (χ0) is 9.59. The molecule has 0 bridgehead atoms. The third kappa shape index (κ3) is 1.36. The third-order valence-electron chi connectivity index (χ3n) is 2.15. The summed E-state index contributed by atoms with van der Waals surface area (Å²) in [7, 11) is 1.70. The lowest BCUT2D eigenvalue weighted by atomic mass is 10.2. The Morgan fingerprint density at radius 2 is 2.38 bits per heavy atom. The van der Waals surface area contributed by atoms with Gasteiger partial charge in [-0.25, -0.2) is 0 Å². The summed E-state index contributed by atoms with van der Waals surface area (Å²) >= 11 is 6.65. The lowest BCUT2D eigenvalue weighted by Gasteiger charge is -2.01. The van der Waals surface area contributed by atoms with Crippen molar-refractivity contribution in [2.75, 3.05) is 0 Å². The molecule has 1 aliphatic rings. The predicted molar refractivity (Wildman–Crippen MR) is 55.9 cm³/mol. The molecule has 0 amide bonds. The molecule has 1 N–H and O–H groups in total. The minimum absolute atomic E-state index is 0.0353. The Hall–Kier alpha value is -0.550. The summed E-state index contributed by atoms with van der Waals surface area (Å²) in [5, 5.41) is 0.482. The van der Waals surface area contributed by atoms with Crippen LogP contribution in [-0.4, -0.2) is 14.8 Å². The van der Waals surface area contributed by atoms with Gasteiger partial charge in [-0.3, -0.25) is 9.36 Å². The molecule has 13 heavy (non-hydrogen) atoms. The Kier molecular flexibility index (Phi) is 2.08. The molecule has 0 radical (unpaired) electrons.